The molecule has 2 heterocycles. The number of ether oxygens (including phenoxy) is 1. The minimum absolute atomic E-state index is 0.144. The molecule has 118 valence electrons. The Balaban J connectivity index is 1.62. The molecule has 0 radical (unpaired) electrons. The van der Waals surface area contributed by atoms with Gasteiger partial charge in [-0.15, -0.1) is 11.3 Å². The van der Waals surface area contributed by atoms with Gasteiger partial charge in [-0.25, -0.2) is 4.39 Å². The highest BCUT2D eigenvalue weighted by Gasteiger charge is 2.23. The molecule has 1 saturated heterocycles. The number of rotatable bonds is 6. The second-order valence-electron chi connectivity index (χ2n) is 5.40. The molecule has 1 aromatic carbocycles. The molecule has 1 aromatic heterocycles. The average molecular weight is 320 g/mol. The Hall–Kier alpha value is -1.27. The van der Waals surface area contributed by atoms with Gasteiger partial charge < -0.3 is 10.1 Å². The highest BCUT2D eigenvalue weighted by molar-refractivity contribution is 7.10. The molecule has 5 heteroatoms. The first kappa shape index (κ1) is 15.6. The van der Waals surface area contributed by atoms with Crippen LogP contribution in [0.2, 0.25) is 0 Å². The van der Waals surface area contributed by atoms with Crippen LogP contribution in [0.15, 0.2) is 41.8 Å². The lowest BCUT2D eigenvalue weighted by molar-refractivity contribution is 0.0168. The highest BCUT2D eigenvalue weighted by atomic mass is 32.1. The van der Waals surface area contributed by atoms with Gasteiger partial charge in [0.1, 0.15) is 5.82 Å². The SMILES string of the molecule is Fc1ccccc1CNCC(c1cccs1)N1CCOCC1. The summed E-state index contributed by atoms with van der Waals surface area (Å²) in [6.07, 6.45) is 0. The van der Waals surface area contributed by atoms with Crippen LogP contribution in [0.4, 0.5) is 4.39 Å². The summed E-state index contributed by atoms with van der Waals surface area (Å²) in [4.78, 5) is 3.80. The van der Waals surface area contributed by atoms with Crippen molar-refractivity contribution in [2.24, 2.45) is 0 Å². The Morgan fingerprint density at radius 2 is 2.00 bits per heavy atom. The molecule has 0 aliphatic carbocycles. The third-order valence-electron chi connectivity index (χ3n) is 3.97. The predicted octanol–water partition coefficient (Wildman–Crippen LogP) is 3.05. The van der Waals surface area contributed by atoms with Gasteiger partial charge in [-0.1, -0.05) is 24.3 Å². The smallest absolute Gasteiger partial charge is 0.127 e. The van der Waals surface area contributed by atoms with E-state index < -0.39 is 0 Å². The van der Waals surface area contributed by atoms with Crippen LogP contribution in [-0.4, -0.2) is 37.7 Å². The lowest BCUT2D eigenvalue weighted by Gasteiger charge is -2.34. The molecule has 0 spiro atoms. The van der Waals surface area contributed by atoms with Crippen molar-refractivity contribution in [1.29, 1.82) is 0 Å². The first-order valence-corrected chi connectivity index (χ1v) is 8.52. The normalized spacial score (nSPS) is 17.5. The Kier molecular flexibility index (Phi) is 5.56. The van der Waals surface area contributed by atoms with Crippen LogP contribution in [-0.2, 0) is 11.3 Å². The second kappa shape index (κ2) is 7.83. The summed E-state index contributed by atoms with van der Waals surface area (Å²) >= 11 is 1.78. The van der Waals surface area contributed by atoms with E-state index >= 15 is 0 Å². The Bertz CT molecular complexity index is 570. The molecule has 1 fully saturated rings. The van der Waals surface area contributed by atoms with E-state index in [2.05, 4.69) is 27.7 Å². The molecule has 1 aliphatic rings. The lowest BCUT2D eigenvalue weighted by atomic mass is 10.1. The Morgan fingerprint density at radius 1 is 1.18 bits per heavy atom. The summed E-state index contributed by atoms with van der Waals surface area (Å²) in [6.45, 7) is 4.84. The summed E-state index contributed by atoms with van der Waals surface area (Å²) in [6, 6.07) is 11.5. The number of nitrogens with zero attached hydrogens (tertiary/aromatic N) is 1. The quantitative estimate of drug-likeness (QED) is 0.885. The average Bonchev–Trinajstić information content (AvgIpc) is 3.08. The van der Waals surface area contributed by atoms with Crippen molar-refractivity contribution in [3.8, 4) is 0 Å². The van der Waals surface area contributed by atoms with Gasteiger partial charge in [0.15, 0.2) is 0 Å². The molecule has 22 heavy (non-hydrogen) atoms. The molecule has 2 aromatic rings. The van der Waals surface area contributed by atoms with E-state index in [1.54, 1.807) is 17.4 Å². The predicted molar refractivity (Wildman–Crippen MR) is 87.6 cm³/mol. The number of thiophene rings is 1. The van der Waals surface area contributed by atoms with Crippen LogP contribution >= 0.6 is 11.3 Å². The van der Waals surface area contributed by atoms with Crippen LogP contribution < -0.4 is 5.32 Å². The molecule has 3 nitrogen and oxygen atoms in total. The van der Waals surface area contributed by atoms with Gasteiger partial charge >= 0.3 is 0 Å². The summed E-state index contributed by atoms with van der Waals surface area (Å²) in [5.74, 6) is -0.144. The number of hydrogen-bond acceptors (Lipinski definition) is 4. The zero-order valence-electron chi connectivity index (χ0n) is 12.5. The molecule has 1 atom stereocenters. The maximum atomic E-state index is 13.7. The zero-order chi connectivity index (χ0) is 15.2. The number of morpholine rings is 1. The van der Waals surface area contributed by atoms with Crippen molar-refractivity contribution >= 4 is 11.3 Å². The third kappa shape index (κ3) is 3.93. The Labute approximate surface area is 134 Å². The first-order chi connectivity index (χ1) is 10.8. The summed E-state index contributed by atoms with van der Waals surface area (Å²) in [5.41, 5.74) is 0.717. The van der Waals surface area contributed by atoms with Crippen molar-refractivity contribution in [3.63, 3.8) is 0 Å². The molecular weight excluding hydrogens is 299 g/mol. The maximum Gasteiger partial charge on any atom is 0.127 e. The second-order valence-corrected chi connectivity index (χ2v) is 6.38. The van der Waals surface area contributed by atoms with Crippen molar-refractivity contribution in [2.75, 3.05) is 32.8 Å². The molecule has 0 bridgehead atoms. The maximum absolute atomic E-state index is 13.7. The fraction of sp³-hybridized carbons (Fsp3) is 0.412. The van der Waals surface area contributed by atoms with E-state index in [0.29, 0.717) is 12.6 Å². The minimum atomic E-state index is -0.144. The largest absolute Gasteiger partial charge is 0.379 e. The van der Waals surface area contributed by atoms with E-state index in [1.807, 2.05) is 12.1 Å². The summed E-state index contributed by atoms with van der Waals surface area (Å²) in [7, 11) is 0. The van der Waals surface area contributed by atoms with E-state index in [1.165, 1.54) is 10.9 Å². The molecule has 0 saturated carbocycles. The van der Waals surface area contributed by atoms with Crippen molar-refractivity contribution in [3.05, 3.63) is 58.0 Å². The van der Waals surface area contributed by atoms with Crippen LogP contribution in [0.25, 0.3) is 0 Å². The molecule has 3 rings (SSSR count). The fourth-order valence-electron chi connectivity index (χ4n) is 2.76. The summed E-state index contributed by atoms with van der Waals surface area (Å²) < 4.78 is 19.1. The van der Waals surface area contributed by atoms with Crippen LogP contribution in [0, 0.1) is 5.82 Å². The van der Waals surface area contributed by atoms with Gasteiger partial charge in [-0.2, -0.15) is 0 Å². The van der Waals surface area contributed by atoms with Crippen LogP contribution in [0.5, 0.6) is 0 Å². The van der Waals surface area contributed by atoms with Gasteiger partial charge in [0, 0.05) is 36.6 Å². The molecule has 1 unspecified atom stereocenters. The number of halogens is 1. The van der Waals surface area contributed by atoms with Crippen LogP contribution in [0.3, 0.4) is 0 Å². The number of nitrogens with one attached hydrogen (secondary N) is 1. The minimum Gasteiger partial charge on any atom is -0.379 e. The number of hydrogen-bond donors (Lipinski definition) is 1. The standard InChI is InChI=1S/C17H21FN2OS/c18-15-5-2-1-4-14(15)12-19-13-16(17-6-3-11-22-17)20-7-9-21-10-8-20/h1-6,11,16,19H,7-10,12-13H2. The van der Waals surface area contributed by atoms with Gasteiger partial charge in [-0.3, -0.25) is 4.90 Å². The van der Waals surface area contributed by atoms with Gasteiger partial charge in [0.2, 0.25) is 0 Å². The monoisotopic (exact) mass is 320 g/mol. The van der Waals surface area contributed by atoms with Crippen molar-refractivity contribution in [1.82, 2.24) is 10.2 Å². The Morgan fingerprint density at radius 3 is 2.73 bits per heavy atom. The fourth-order valence-corrected chi connectivity index (χ4v) is 3.63. The molecule has 1 aliphatic heterocycles. The number of benzene rings is 1. The van der Waals surface area contributed by atoms with Crippen LogP contribution in [0.1, 0.15) is 16.5 Å². The van der Waals surface area contributed by atoms with E-state index in [9.17, 15) is 4.39 Å². The van der Waals surface area contributed by atoms with E-state index in [-0.39, 0.29) is 5.82 Å². The molecule has 0 amide bonds. The van der Waals surface area contributed by atoms with Gasteiger partial charge in [0.05, 0.1) is 19.3 Å². The topological polar surface area (TPSA) is 24.5 Å². The zero-order valence-corrected chi connectivity index (χ0v) is 13.3. The van der Waals surface area contributed by atoms with E-state index in [0.717, 1.165) is 38.4 Å². The third-order valence-corrected chi connectivity index (χ3v) is 4.94. The molecule has 1 N–H and O–H groups in total. The lowest BCUT2D eigenvalue weighted by Crippen LogP contribution is -2.42. The van der Waals surface area contributed by atoms with Gasteiger partial charge in [-0.05, 0) is 17.5 Å². The van der Waals surface area contributed by atoms with Crippen molar-refractivity contribution < 1.29 is 9.13 Å². The summed E-state index contributed by atoms with van der Waals surface area (Å²) in [5, 5.41) is 5.52. The van der Waals surface area contributed by atoms with Gasteiger partial charge in [0.25, 0.3) is 0 Å². The van der Waals surface area contributed by atoms with E-state index in [4.69, 9.17) is 4.74 Å². The first-order valence-electron chi connectivity index (χ1n) is 7.64. The van der Waals surface area contributed by atoms with Crippen molar-refractivity contribution in [2.45, 2.75) is 12.6 Å². The highest BCUT2D eigenvalue weighted by Crippen LogP contribution is 2.25. The molecular formula is C17H21FN2OS.